The Morgan fingerprint density at radius 3 is 2.80 bits per heavy atom. The van der Waals surface area contributed by atoms with E-state index in [1.807, 2.05) is 6.07 Å². The summed E-state index contributed by atoms with van der Waals surface area (Å²) in [6.07, 6.45) is 3.27. The van der Waals surface area contributed by atoms with Crippen molar-refractivity contribution in [2.75, 3.05) is 17.2 Å². The summed E-state index contributed by atoms with van der Waals surface area (Å²) in [7, 11) is 0. The molecule has 0 saturated heterocycles. The number of aromatic nitrogens is 2. The topological polar surface area (TPSA) is 106 Å². The van der Waals surface area contributed by atoms with Gasteiger partial charge in [0.2, 0.25) is 5.95 Å². The maximum absolute atomic E-state index is 11.0. The number of hydrogen-bond donors (Lipinski definition) is 2. The highest BCUT2D eigenvalue weighted by molar-refractivity contribution is 5.91. The van der Waals surface area contributed by atoms with Gasteiger partial charge < -0.3 is 15.1 Å². The minimum atomic E-state index is -0.445. The summed E-state index contributed by atoms with van der Waals surface area (Å²) in [5.41, 5.74) is 0.591. The van der Waals surface area contributed by atoms with Crippen molar-refractivity contribution in [1.29, 1.82) is 0 Å². The second-order valence-corrected chi connectivity index (χ2v) is 4.96. The zero-order valence-corrected chi connectivity index (χ0v) is 14.0. The predicted molar refractivity (Wildman–Crippen MR) is 98.2 cm³/mol. The number of nitrogens with one attached hydrogen (secondary N) is 2. The second kappa shape index (κ2) is 8.11. The zero-order chi connectivity index (χ0) is 16.9. The van der Waals surface area contributed by atoms with Crippen molar-refractivity contribution in [3.05, 3.63) is 65.1 Å². The lowest BCUT2D eigenvalue weighted by atomic mass is 10.2. The molecule has 130 valence electrons. The van der Waals surface area contributed by atoms with Gasteiger partial charge in [0.1, 0.15) is 11.6 Å². The molecule has 3 rings (SSSR count). The lowest BCUT2D eigenvalue weighted by Crippen LogP contribution is -2.07. The molecular formula is C16H16ClN5O3. The minimum absolute atomic E-state index is 0. The van der Waals surface area contributed by atoms with Gasteiger partial charge >= 0.3 is 0 Å². The quantitative estimate of drug-likeness (QED) is 0.375. The molecule has 9 heteroatoms. The van der Waals surface area contributed by atoms with E-state index in [9.17, 15) is 10.1 Å². The summed E-state index contributed by atoms with van der Waals surface area (Å²) < 4.78 is 5.26. The van der Waals surface area contributed by atoms with Gasteiger partial charge in [-0.3, -0.25) is 10.1 Å². The third-order valence-corrected chi connectivity index (χ3v) is 3.30. The van der Waals surface area contributed by atoms with Crippen LogP contribution in [0.1, 0.15) is 5.76 Å². The third kappa shape index (κ3) is 4.24. The number of rotatable bonds is 7. The highest BCUT2D eigenvalue weighted by Gasteiger charge is 2.13. The Morgan fingerprint density at radius 2 is 2.12 bits per heavy atom. The van der Waals surface area contributed by atoms with Crippen molar-refractivity contribution >= 4 is 40.8 Å². The highest BCUT2D eigenvalue weighted by atomic mass is 35.5. The normalized spacial score (nSPS) is 10.1. The van der Waals surface area contributed by atoms with E-state index in [0.29, 0.717) is 35.8 Å². The van der Waals surface area contributed by atoms with E-state index in [0.717, 1.165) is 5.76 Å². The fourth-order valence-corrected chi connectivity index (χ4v) is 2.19. The molecule has 0 saturated carbocycles. The molecule has 25 heavy (non-hydrogen) atoms. The molecule has 8 nitrogen and oxygen atoms in total. The summed E-state index contributed by atoms with van der Waals surface area (Å²) in [6.45, 7) is 4.57. The number of fused-ring (bicyclic) bond motifs is 1. The van der Waals surface area contributed by atoms with E-state index in [4.69, 9.17) is 4.42 Å². The first-order valence-corrected chi connectivity index (χ1v) is 7.24. The predicted octanol–water partition coefficient (Wildman–Crippen LogP) is 3.76. The van der Waals surface area contributed by atoms with Gasteiger partial charge in [-0.15, -0.1) is 19.0 Å². The van der Waals surface area contributed by atoms with Crippen LogP contribution in [0.5, 0.6) is 0 Å². The summed E-state index contributed by atoms with van der Waals surface area (Å²) in [5.74, 6) is 1.66. The Bertz CT molecular complexity index is 883. The van der Waals surface area contributed by atoms with Gasteiger partial charge in [0.15, 0.2) is 0 Å². The highest BCUT2D eigenvalue weighted by Crippen LogP contribution is 2.26. The molecule has 0 unspecified atom stereocenters. The van der Waals surface area contributed by atoms with Crippen LogP contribution in [0.3, 0.4) is 0 Å². The van der Waals surface area contributed by atoms with Crippen LogP contribution in [0.4, 0.5) is 17.5 Å². The Hall–Kier alpha value is -3.13. The Morgan fingerprint density at radius 1 is 1.28 bits per heavy atom. The number of nitrogens with zero attached hydrogens (tertiary/aromatic N) is 3. The van der Waals surface area contributed by atoms with E-state index in [1.54, 1.807) is 24.5 Å². The fraction of sp³-hybridized carbons (Fsp3) is 0.125. The molecule has 3 aromatic rings. The largest absolute Gasteiger partial charge is 0.467 e. The number of anilines is 2. The number of nitro benzene ring substituents is 1. The van der Waals surface area contributed by atoms with Gasteiger partial charge in [0.25, 0.3) is 5.69 Å². The number of halogens is 1. The van der Waals surface area contributed by atoms with Gasteiger partial charge in [0, 0.05) is 24.1 Å². The average molecular weight is 362 g/mol. The molecule has 2 N–H and O–H groups in total. The number of hydrogen-bond acceptors (Lipinski definition) is 7. The smallest absolute Gasteiger partial charge is 0.270 e. The molecule has 0 spiro atoms. The van der Waals surface area contributed by atoms with E-state index in [1.165, 1.54) is 12.1 Å². The van der Waals surface area contributed by atoms with Crippen molar-refractivity contribution in [2.45, 2.75) is 6.54 Å². The van der Waals surface area contributed by atoms with Crippen molar-refractivity contribution < 1.29 is 9.34 Å². The molecule has 0 amide bonds. The van der Waals surface area contributed by atoms with Gasteiger partial charge in [0.05, 0.1) is 23.2 Å². The van der Waals surface area contributed by atoms with Gasteiger partial charge in [-0.2, -0.15) is 4.98 Å². The standard InChI is InChI=1S/C16H15N5O3.ClH/c1-2-7-17-15-13-9-11(21(22)23)5-6-14(13)19-16(20-15)18-10-12-4-3-8-24-12;/h2-6,8-9H,1,7,10H2,(H2,17,18,19,20);1H. The summed E-state index contributed by atoms with van der Waals surface area (Å²) in [6, 6.07) is 8.12. The number of non-ortho nitro benzene ring substituents is 1. The van der Waals surface area contributed by atoms with Crippen LogP contribution in [0.15, 0.2) is 53.7 Å². The van der Waals surface area contributed by atoms with Crippen molar-refractivity contribution in [3.63, 3.8) is 0 Å². The molecule has 0 radical (unpaired) electrons. The summed E-state index contributed by atoms with van der Waals surface area (Å²) >= 11 is 0. The van der Waals surface area contributed by atoms with E-state index < -0.39 is 4.92 Å². The Balaban J connectivity index is 0.00000225. The van der Waals surface area contributed by atoms with Gasteiger partial charge in [-0.25, -0.2) is 4.98 Å². The van der Waals surface area contributed by atoms with Gasteiger partial charge in [-0.1, -0.05) is 6.08 Å². The number of nitro groups is 1. The molecular weight excluding hydrogens is 346 g/mol. The number of furan rings is 1. The van der Waals surface area contributed by atoms with Crippen LogP contribution in [-0.2, 0) is 6.54 Å². The van der Waals surface area contributed by atoms with Crippen LogP contribution in [0.25, 0.3) is 10.9 Å². The monoisotopic (exact) mass is 361 g/mol. The van der Waals surface area contributed by atoms with Crippen LogP contribution < -0.4 is 10.6 Å². The molecule has 0 aliphatic carbocycles. The molecule has 0 bridgehead atoms. The maximum atomic E-state index is 11.0. The van der Waals surface area contributed by atoms with Gasteiger partial charge in [-0.05, 0) is 18.2 Å². The fourth-order valence-electron chi connectivity index (χ4n) is 2.19. The van der Waals surface area contributed by atoms with E-state index >= 15 is 0 Å². The van der Waals surface area contributed by atoms with Crippen LogP contribution in [0, 0.1) is 10.1 Å². The second-order valence-electron chi connectivity index (χ2n) is 4.96. The van der Waals surface area contributed by atoms with Crippen molar-refractivity contribution in [2.24, 2.45) is 0 Å². The average Bonchev–Trinajstić information content (AvgIpc) is 3.10. The summed E-state index contributed by atoms with van der Waals surface area (Å²) in [4.78, 5) is 19.3. The first-order chi connectivity index (χ1) is 11.7. The van der Waals surface area contributed by atoms with E-state index in [-0.39, 0.29) is 18.1 Å². The minimum Gasteiger partial charge on any atom is -0.467 e. The SMILES string of the molecule is C=CCNc1nc(NCc2ccco2)nc2ccc([N+](=O)[O-])cc12.Cl. The van der Waals surface area contributed by atoms with Crippen molar-refractivity contribution in [1.82, 2.24) is 9.97 Å². The molecule has 0 atom stereocenters. The molecule has 0 aliphatic heterocycles. The summed E-state index contributed by atoms with van der Waals surface area (Å²) in [5, 5.41) is 17.7. The number of benzene rings is 1. The van der Waals surface area contributed by atoms with Crippen LogP contribution >= 0.6 is 12.4 Å². The lowest BCUT2D eigenvalue weighted by Gasteiger charge is -2.10. The molecule has 0 aliphatic rings. The molecule has 2 heterocycles. The third-order valence-electron chi connectivity index (χ3n) is 3.30. The maximum Gasteiger partial charge on any atom is 0.270 e. The zero-order valence-electron chi connectivity index (χ0n) is 13.1. The molecule has 1 aromatic carbocycles. The van der Waals surface area contributed by atoms with Crippen LogP contribution in [0.2, 0.25) is 0 Å². The van der Waals surface area contributed by atoms with E-state index in [2.05, 4.69) is 27.2 Å². The van der Waals surface area contributed by atoms with Crippen LogP contribution in [-0.4, -0.2) is 21.4 Å². The Kier molecular flexibility index (Phi) is 5.91. The first-order valence-electron chi connectivity index (χ1n) is 7.24. The molecule has 0 fully saturated rings. The Labute approximate surface area is 149 Å². The lowest BCUT2D eigenvalue weighted by molar-refractivity contribution is -0.384. The van der Waals surface area contributed by atoms with Crippen molar-refractivity contribution in [3.8, 4) is 0 Å². The first kappa shape index (κ1) is 18.2. The molecule has 2 aromatic heterocycles.